The Labute approximate surface area is 123 Å². The highest BCUT2D eigenvalue weighted by Gasteiger charge is 2.12. The monoisotopic (exact) mass is 286 g/mol. The van der Waals surface area contributed by atoms with Gasteiger partial charge in [0.05, 0.1) is 25.0 Å². The Bertz CT molecular complexity index is 641. The van der Waals surface area contributed by atoms with Crippen molar-refractivity contribution in [3.63, 3.8) is 0 Å². The average molecular weight is 286 g/mol. The molecule has 0 saturated heterocycles. The van der Waals surface area contributed by atoms with E-state index in [0.29, 0.717) is 35.0 Å². The number of nitrogen functional groups attached to an aromatic ring is 1. The van der Waals surface area contributed by atoms with Crippen LogP contribution in [0.15, 0.2) is 42.5 Å². The highest BCUT2D eigenvalue weighted by molar-refractivity contribution is 6.06. The molecule has 0 unspecified atom stereocenters. The zero-order valence-corrected chi connectivity index (χ0v) is 12.1. The fourth-order valence-corrected chi connectivity index (χ4v) is 1.92. The average Bonchev–Trinajstić information content (AvgIpc) is 2.50. The number of para-hydroxylation sites is 1. The van der Waals surface area contributed by atoms with Crippen LogP contribution in [-0.4, -0.2) is 19.6 Å². The molecule has 0 aliphatic heterocycles. The van der Waals surface area contributed by atoms with Gasteiger partial charge >= 0.3 is 0 Å². The van der Waals surface area contributed by atoms with Gasteiger partial charge in [0.15, 0.2) is 0 Å². The van der Waals surface area contributed by atoms with Crippen LogP contribution in [0.3, 0.4) is 0 Å². The molecule has 0 saturated carbocycles. The number of hydrogen-bond acceptors (Lipinski definition) is 4. The first-order valence-corrected chi connectivity index (χ1v) is 6.62. The van der Waals surface area contributed by atoms with Gasteiger partial charge in [-0.05, 0) is 31.2 Å². The van der Waals surface area contributed by atoms with Gasteiger partial charge in [0, 0.05) is 11.8 Å². The van der Waals surface area contributed by atoms with Crippen molar-refractivity contribution in [2.24, 2.45) is 0 Å². The lowest BCUT2D eigenvalue weighted by molar-refractivity contribution is 0.102. The number of rotatable bonds is 5. The van der Waals surface area contributed by atoms with Crippen LogP contribution in [-0.2, 0) is 0 Å². The van der Waals surface area contributed by atoms with Crippen LogP contribution in [0.5, 0.6) is 11.5 Å². The molecule has 2 aromatic rings. The van der Waals surface area contributed by atoms with Gasteiger partial charge in [-0.2, -0.15) is 0 Å². The van der Waals surface area contributed by atoms with E-state index in [1.807, 2.05) is 13.0 Å². The lowest BCUT2D eigenvalue weighted by Crippen LogP contribution is -2.13. The summed E-state index contributed by atoms with van der Waals surface area (Å²) in [5, 5.41) is 2.80. The second-order valence-corrected chi connectivity index (χ2v) is 4.34. The third kappa shape index (κ3) is 3.45. The summed E-state index contributed by atoms with van der Waals surface area (Å²) in [6.07, 6.45) is 0. The molecular weight excluding hydrogens is 268 g/mol. The number of benzene rings is 2. The summed E-state index contributed by atoms with van der Waals surface area (Å²) < 4.78 is 10.6. The van der Waals surface area contributed by atoms with E-state index in [1.54, 1.807) is 36.4 Å². The fourth-order valence-electron chi connectivity index (χ4n) is 1.92. The zero-order valence-electron chi connectivity index (χ0n) is 12.1. The van der Waals surface area contributed by atoms with Gasteiger partial charge < -0.3 is 20.5 Å². The number of nitrogens with one attached hydrogen (secondary N) is 1. The molecule has 2 aromatic carbocycles. The van der Waals surface area contributed by atoms with Crippen molar-refractivity contribution in [2.45, 2.75) is 6.92 Å². The molecule has 0 aliphatic rings. The molecule has 0 spiro atoms. The number of methoxy groups -OCH3 is 1. The van der Waals surface area contributed by atoms with Crippen molar-refractivity contribution >= 4 is 17.3 Å². The van der Waals surface area contributed by atoms with E-state index in [1.165, 1.54) is 7.11 Å². The summed E-state index contributed by atoms with van der Waals surface area (Å²) in [5.41, 5.74) is 7.36. The first kappa shape index (κ1) is 14.7. The van der Waals surface area contributed by atoms with Crippen molar-refractivity contribution in [1.29, 1.82) is 0 Å². The molecule has 1 amide bonds. The van der Waals surface area contributed by atoms with Gasteiger partial charge in [0.1, 0.15) is 11.5 Å². The van der Waals surface area contributed by atoms with Crippen molar-refractivity contribution in [3.8, 4) is 11.5 Å². The molecule has 0 aromatic heterocycles. The normalized spacial score (nSPS) is 10.0. The number of carbonyl (C=O) groups is 1. The SMILES string of the molecule is CCOc1ccccc1C(=O)Nc1ccc(N)c(OC)c1. The molecule has 2 rings (SSSR count). The lowest BCUT2D eigenvalue weighted by Gasteiger charge is -2.11. The van der Waals surface area contributed by atoms with Gasteiger partial charge in [-0.1, -0.05) is 12.1 Å². The maximum atomic E-state index is 12.3. The highest BCUT2D eigenvalue weighted by atomic mass is 16.5. The molecule has 110 valence electrons. The van der Waals surface area contributed by atoms with Crippen LogP contribution in [0.4, 0.5) is 11.4 Å². The van der Waals surface area contributed by atoms with Crippen LogP contribution < -0.4 is 20.5 Å². The third-order valence-electron chi connectivity index (χ3n) is 2.92. The molecule has 0 aliphatic carbocycles. The topological polar surface area (TPSA) is 73.6 Å². The standard InChI is InChI=1S/C16H18N2O3/c1-3-21-14-7-5-4-6-12(14)16(19)18-11-8-9-13(17)15(10-11)20-2/h4-10H,3,17H2,1-2H3,(H,18,19). The number of nitrogens with two attached hydrogens (primary N) is 1. The maximum Gasteiger partial charge on any atom is 0.259 e. The first-order valence-electron chi connectivity index (χ1n) is 6.62. The van der Waals surface area contributed by atoms with Crippen LogP contribution in [0.1, 0.15) is 17.3 Å². The van der Waals surface area contributed by atoms with E-state index >= 15 is 0 Å². The number of ether oxygens (including phenoxy) is 2. The van der Waals surface area contributed by atoms with Gasteiger partial charge in [-0.3, -0.25) is 4.79 Å². The Hall–Kier alpha value is -2.69. The zero-order chi connectivity index (χ0) is 15.2. The molecule has 0 radical (unpaired) electrons. The second-order valence-electron chi connectivity index (χ2n) is 4.34. The minimum Gasteiger partial charge on any atom is -0.495 e. The Morgan fingerprint density at radius 3 is 2.67 bits per heavy atom. The van der Waals surface area contributed by atoms with Crippen LogP contribution in [0.2, 0.25) is 0 Å². The molecule has 0 heterocycles. The number of amides is 1. The lowest BCUT2D eigenvalue weighted by atomic mass is 10.1. The van der Waals surface area contributed by atoms with Crippen molar-refractivity contribution in [2.75, 3.05) is 24.8 Å². The van der Waals surface area contributed by atoms with Crippen molar-refractivity contribution in [1.82, 2.24) is 0 Å². The summed E-state index contributed by atoms with van der Waals surface area (Å²) in [4.78, 5) is 12.3. The Kier molecular flexibility index (Phi) is 4.66. The quantitative estimate of drug-likeness (QED) is 0.829. The minimum atomic E-state index is -0.245. The summed E-state index contributed by atoms with van der Waals surface area (Å²) >= 11 is 0. The van der Waals surface area contributed by atoms with E-state index < -0.39 is 0 Å². The molecule has 5 nitrogen and oxygen atoms in total. The Morgan fingerprint density at radius 1 is 1.19 bits per heavy atom. The smallest absolute Gasteiger partial charge is 0.259 e. The Balaban J connectivity index is 2.22. The van der Waals surface area contributed by atoms with Crippen molar-refractivity contribution < 1.29 is 14.3 Å². The first-order chi connectivity index (χ1) is 10.2. The third-order valence-corrected chi connectivity index (χ3v) is 2.92. The van der Waals surface area contributed by atoms with E-state index in [-0.39, 0.29) is 5.91 Å². The van der Waals surface area contributed by atoms with Crippen molar-refractivity contribution in [3.05, 3.63) is 48.0 Å². The summed E-state index contributed by atoms with van der Waals surface area (Å²) in [5.74, 6) is 0.830. The molecular formula is C16H18N2O3. The molecule has 0 fully saturated rings. The van der Waals surface area contributed by atoms with E-state index in [9.17, 15) is 4.79 Å². The second kappa shape index (κ2) is 6.65. The molecule has 5 heteroatoms. The minimum absolute atomic E-state index is 0.245. The predicted molar refractivity (Wildman–Crippen MR) is 83.0 cm³/mol. The summed E-state index contributed by atoms with van der Waals surface area (Å²) in [6.45, 7) is 2.37. The molecule has 3 N–H and O–H groups in total. The van der Waals surface area contributed by atoms with Crippen LogP contribution >= 0.6 is 0 Å². The predicted octanol–water partition coefficient (Wildman–Crippen LogP) is 2.93. The highest BCUT2D eigenvalue weighted by Crippen LogP contribution is 2.26. The largest absolute Gasteiger partial charge is 0.495 e. The van der Waals surface area contributed by atoms with Gasteiger partial charge in [-0.15, -0.1) is 0 Å². The molecule has 21 heavy (non-hydrogen) atoms. The molecule has 0 atom stereocenters. The van der Waals surface area contributed by atoms with Crippen LogP contribution in [0.25, 0.3) is 0 Å². The number of hydrogen-bond donors (Lipinski definition) is 2. The van der Waals surface area contributed by atoms with E-state index in [2.05, 4.69) is 5.32 Å². The fraction of sp³-hybridized carbons (Fsp3) is 0.188. The number of carbonyl (C=O) groups excluding carboxylic acids is 1. The van der Waals surface area contributed by atoms with Crippen LogP contribution in [0, 0.1) is 0 Å². The summed E-state index contributed by atoms with van der Waals surface area (Å²) in [6, 6.07) is 12.2. The summed E-state index contributed by atoms with van der Waals surface area (Å²) in [7, 11) is 1.53. The van der Waals surface area contributed by atoms with Gasteiger partial charge in [-0.25, -0.2) is 0 Å². The maximum absolute atomic E-state index is 12.3. The van der Waals surface area contributed by atoms with E-state index in [0.717, 1.165) is 0 Å². The molecule has 0 bridgehead atoms. The Morgan fingerprint density at radius 2 is 1.95 bits per heavy atom. The van der Waals surface area contributed by atoms with E-state index in [4.69, 9.17) is 15.2 Å². The van der Waals surface area contributed by atoms with Gasteiger partial charge in [0.25, 0.3) is 5.91 Å². The van der Waals surface area contributed by atoms with Gasteiger partial charge in [0.2, 0.25) is 0 Å². The number of anilines is 2.